The highest BCUT2D eigenvalue weighted by Crippen LogP contribution is 2.57. The number of likely N-dealkylation sites (tertiary alicyclic amines) is 3. The molecule has 164 valence electrons. The van der Waals surface area contributed by atoms with Crippen LogP contribution in [0.1, 0.15) is 50.4 Å². The van der Waals surface area contributed by atoms with Crippen LogP contribution in [0.3, 0.4) is 0 Å². The zero-order chi connectivity index (χ0) is 21.5. The molecule has 0 unspecified atom stereocenters. The summed E-state index contributed by atoms with van der Waals surface area (Å²) in [4.78, 5) is 32.8. The first-order valence-corrected chi connectivity index (χ1v) is 11.4. The predicted octanol–water partition coefficient (Wildman–Crippen LogP) is 3.26. The van der Waals surface area contributed by atoms with Gasteiger partial charge in [0, 0.05) is 56.8 Å². The predicted molar refractivity (Wildman–Crippen MR) is 115 cm³/mol. The van der Waals surface area contributed by atoms with Gasteiger partial charge >= 0.3 is 0 Å². The number of halogens is 1. The lowest BCUT2D eigenvalue weighted by Gasteiger charge is -2.47. The number of carbonyl (C=O) groups excluding carboxylic acids is 2. The van der Waals surface area contributed by atoms with E-state index in [-0.39, 0.29) is 22.6 Å². The van der Waals surface area contributed by atoms with Crippen molar-refractivity contribution in [3.05, 3.63) is 35.6 Å². The van der Waals surface area contributed by atoms with Crippen LogP contribution in [-0.4, -0.2) is 72.3 Å². The molecule has 6 heteroatoms. The first kappa shape index (κ1) is 21.3. The average molecular weight is 416 g/mol. The molecule has 3 aliphatic heterocycles. The first-order chi connectivity index (χ1) is 14.3. The monoisotopic (exact) mass is 415 g/mol. The number of benzene rings is 1. The van der Waals surface area contributed by atoms with Gasteiger partial charge in [-0.2, -0.15) is 0 Å². The van der Waals surface area contributed by atoms with Gasteiger partial charge in [0.2, 0.25) is 5.91 Å². The molecule has 30 heavy (non-hydrogen) atoms. The lowest BCUT2D eigenvalue weighted by molar-refractivity contribution is -0.141. The largest absolute Gasteiger partial charge is 0.342 e. The van der Waals surface area contributed by atoms with E-state index in [9.17, 15) is 14.0 Å². The Morgan fingerprint density at radius 2 is 1.73 bits per heavy atom. The third-order valence-corrected chi connectivity index (χ3v) is 7.64. The Morgan fingerprint density at radius 3 is 2.30 bits per heavy atom. The summed E-state index contributed by atoms with van der Waals surface area (Å²) < 4.78 is 13.2. The Labute approximate surface area is 179 Å². The van der Waals surface area contributed by atoms with Gasteiger partial charge in [0.25, 0.3) is 5.91 Å². The number of rotatable bonds is 4. The first-order valence-electron chi connectivity index (χ1n) is 11.4. The van der Waals surface area contributed by atoms with Gasteiger partial charge in [-0.25, -0.2) is 4.39 Å². The number of hydrogen-bond acceptors (Lipinski definition) is 3. The van der Waals surface area contributed by atoms with Gasteiger partial charge in [0.1, 0.15) is 5.82 Å². The molecule has 0 saturated carbocycles. The van der Waals surface area contributed by atoms with Crippen LogP contribution in [0, 0.1) is 22.6 Å². The van der Waals surface area contributed by atoms with Crippen LogP contribution in [0.15, 0.2) is 24.3 Å². The molecule has 3 heterocycles. The Morgan fingerprint density at radius 1 is 1.07 bits per heavy atom. The van der Waals surface area contributed by atoms with Gasteiger partial charge in [-0.15, -0.1) is 0 Å². The van der Waals surface area contributed by atoms with Crippen LogP contribution in [0.25, 0.3) is 0 Å². The van der Waals surface area contributed by atoms with Crippen molar-refractivity contribution in [1.29, 1.82) is 0 Å². The summed E-state index contributed by atoms with van der Waals surface area (Å²) in [7, 11) is 0. The fourth-order valence-corrected chi connectivity index (χ4v) is 6.16. The van der Waals surface area contributed by atoms with Crippen molar-refractivity contribution >= 4 is 11.8 Å². The molecular formula is C24H34FN3O2. The Kier molecular flexibility index (Phi) is 5.64. The number of piperidine rings is 1. The third-order valence-electron chi connectivity index (χ3n) is 7.64. The fraction of sp³-hybridized carbons (Fsp3) is 0.667. The molecule has 1 aromatic carbocycles. The van der Waals surface area contributed by atoms with Crippen molar-refractivity contribution in [2.45, 2.75) is 40.0 Å². The van der Waals surface area contributed by atoms with E-state index in [2.05, 4.69) is 25.7 Å². The second kappa shape index (κ2) is 7.95. The molecule has 3 saturated heterocycles. The SMILES string of the molecule is CCN1CC[C@]2(CN(CC(C)C)CC23CCN(C(=O)c2ccc(F)cc2)CC3)C1=O. The van der Waals surface area contributed by atoms with Crippen molar-refractivity contribution in [2.75, 3.05) is 45.8 Å². The Bertz CT molecular complexity index is 801. The molecule has 5 nitrogen and oxygen atoms in total. The molecule has 0 bridgehead atoms. The van der Waals surface area contributed by atoms with Crippen LogP contribution in [0.5, 0.6) is 0 Å². The highest BCUT2D eigenvalue weighted by molar-refractivity contribution is 5.94. The van der Waals surface area contributed by atoms with Crippen molar-refractivity contribution in [2.24, 2.45) is 16.7 Å². The lowest BCUT2D eigenvalue weighted by Crippen LogP contribution is -2.53. The van der Waals surface area contributed by atoms with E-state index in [1.165, 1.54) is 12.1 Å². The summed E-state index contributed by atoms with van der Waals surface area (Å²) in [5.41, 5.74) is 0.176. The molecular weight excluding hydrogens is 381 g/mol. The molecule has 2 spiro atoms. The average Bonchev–Trinajstić information content (AvgIpc) is 3.20. The quantitative estimate of drug-likeness (QED) is 0.758. The number of amides is 2. The summed E-state index contributed by atoms with van der Waals surface area (Å²) in [5, 5.41) is 0. The molecule has 0 aliphatic carbocycles. The topological polar surface area (TPSA) is 43.9 Å². The molecule has 0 N–H and O–H groups in total. The molecule has 1 atom stereocenters. The van der Waals surface area contributed by atoms with Gasteiger partial charge in [-0.1, -0.05) is 13.8 Å². The maximum atomic E-state index is 13.5. The normalized spacial score (nSPS) is 26.5. The van der Waals surface area contributed by atoms with Crippen molar-refractivity contribution in [1.82, 2.24) is 14.7 Å². The number of nitrogens with zero attached hydrogens (tertiary/aromatic N) is 3. The molecule has 1 aromatic rings. The minimum Gasteiger partial charge on any atom is -0.342 e. The maximum Gasteiger partial charge on any atom is 0.253 e. The van der Waals surface area contributed by atoms with E-state index in [1.54, 1.807) is 12.1 Å². The van der Waals surface area contributed by atoms with E-state index >= 15 is 0 Å². The van der Waals surface area contributed by atoms with Gasteiger partial charge in [-0.3, -0.25) is 9.59 Å². The van der Waals surface area contributed by atoms with Crippen LogP contribution >= 0.6 is 0 Å². The molecule has 3 fully saturated rings. The molecule has 3 aliphatic rings. The van der Waals surface area contributed by atoms with E-state index < -0.39 is 0 Å². The van der Waals surface area contributed by atoms with E-state index in [1.807, 2.05) is 9.80 Å². The zero-order valence-electron chi connectivity index (χ0n) is 18.5. The number of fused-ring (bicyclic) bond motifs is 1. The lowest BCUT2D eigenvalue weighted by atomic mass is 9.60. The van der Waals surface area contributed by atoms with E-state index in [0.717, 1.165) is 52.0 Å². The van der Waals surface area contributed by atoms with Crippen molar-refractivity contribution in [3.8, 4) is 0 Å². The van der Waals surface area contributed by atoms with Crippen molar-refractivity contribution < 1.29 is 14.0 Å². The van der Waals surface area contributed by atoms with Crippen molar-refractivity contribution in [3.63, 3.8) is 0 Å². The van der Waals surface area contributed by atoms with Crippen LogP contribution in [-0.2, 0) is 4.79 Å². The second-order valence-electron chi connectivity index (χ2n) is 9.86. The fourth-order valence-electron chi connectivity index (χ4n) is 6.16. The summed E-state index contributed by atoms with van der Waals surface area (Å²) in [6.07, 6.45) is 2.65. The van der Waals surface area contributed by atoms with Gasteiger partial charge in [0.15, 0.2) is 0 Å². The summed E-state index contributed by atoms with van der Waals surface area (Å²) in [6, 6.07) is 5.79. The van der Waals surface area contributed by atoms with E-state index in [0.29, 0.717) is 30.5 Å². The van der Waals surface area contributed by atoms with Gasteiger partial charge < -0.3 is 14.7 Å². The molecule has 2 amide bonds. The summed E-state index contributed by atoms with van der Waals surface area (Å²) in [5.74, 6) is 0.525. The number of carbonyl (C=O) groups is 2. The molecule has 0 aromatic heterocycles. The standard InChI is InChI=1S/C24H34FN3O2/c1-4-27-14-11-24(22(27)30)17-26(15-18(2)3)16-23(24)9-12-28(13-10-23)21(29)19-5-7-20(25)8-6-19/h5-8,18H,4,9-17H2,1-3H3/t24-/m0/s1. The van der Waals surface area contributed by atoms with Crippen LogP contribution < -0.4 is 0 Å². The molecule has 4 rings (SSSR count). The minimum atomic E-state index is -0.331. The number of hydrogen-bond donors (Lipinski definition) is 0. The third kappa shape index (κ3) is 3.43. The van der Waals surface area contributed by atoms with E-state index in [4.69, 9.17) is 0 Å². The minimum absolute atomic E-state index is 0.0381. The Hall–Kier alpha value is -1.95. The maximum absolute atomic E-state index is 13.5. The highest BCUT2D eigenvalue weighted by atomic mass is 19.1. The zero-order valence-corrected chi connectivity index (χ0v) is 18.5. The second-order valence-corrected chi connectivity index (χ2v) is 9.86. The van der Waals surface area contributed by atoms with Gasteiger partial charge in [0.05, 0.1) is 5.41 Å². The van der Waals surface area contributed by atoms with Crippen LogP contribution in [0.2, 0.25) is 0 Å². The smallest absolute Gasteiger partial charge is 0.253 e. The van der Waals surface area contributed by atoms with Crippen LogP contribution in [0.4, 0.5) is 4.39 Å². The summed E-state index contributed by atoms with van der Waals surface area (Å²) in [6.45, 7) is 12.3. The summed E-state index contributed by atoms with van der Waals surface area (Å²) >= 11 is 0. The van der Waals surface area contributed by atoms with Gasteiger partial charge in [-0.05, 0) is 56.4 Å². The highest BCUT2D eigenvalue weighted by Gasteiger charge is 2.64. The molecule has 0 radical (unpaired) electrons. The Balaban J connectivity index is 1.54.